The van der Waals surface area contributed by atoms with Crippen LogP contribution in [0.25, 0.3) is 11.0 Å². The number of likely N-dealkylation sites (tertiary alicyclic amines) is 1. The quantitative estimate of drug-likeness (QED) is 0.397. The molecule has 11 heteroatoms. The van der Waals surface area contributed by atoms with E-state index in [0.29, 0.717) is 38.4 Å². The van der Waals surface area contributed by atoms with Gasteiger partial charge in [-0.3, -0.25) is 19.0 Å². The van der Waals surface area contributed by atoms with Crippen molar-refractivity contribution in [2.24, 2.45) is 0 Å². The molecule has 0 unspecified atom stereocenters. The third-order valence-corrected chi connectivity index (χ3v) is 6.29. The van der Waals surface area contributed by atoms with E-state index in [9.17, 15) is 14.4 Å². The van der Waals surface area contributed by atoms with Crippen LogP contribution in [0.5, 0.6) is 5.75 Å². The first-order valence-corrected chi connectivity index (χ1v) is 12.4. The predicted octanol–water partition coefficient (Wildman–Crippen LogP) is 1.71. The molecule has 198 valence electrons. The van der Waals surface area contributed by atoms with Crippen LogP contribution in [0.4, 0.5) is 0 Å². The van der Waals surface area contributed by atoms with Crippen molar-refractivity contribution in [3.8, 4) is 5.75 Å². The first kappa shape index (κ1) is 26.4. The molecule has 4 rings (SSSR count). The Balaban J connectivity index is 1.57. The van der Waals surface area contributed by atoms with E-state index in [2.05, 4.69) is 15.3 Å². The van der Waals surface area contributed by atoms with Gasteiger partial charge in [0, 0.05) is 19.1 Å². The highest BCUT2D eigenvalue weighted by molar-refractivity contribution is 6.02. The van der Waals surface area contributed by atoms with Gasteiger partial charge >= 0.3 is 0 Å². The van der Waals surface area contributed by atoms with E-state index in [1.165, 1.54) is 4.57 Å². The number of aromatic nitrogens is 3. The van der Waals surface area contributed by atoms with Gasteiger partial charge in [-0.1, -0.05) is 30.3 Å². The molecule has 2 amide bonds. The molecular weight excluding hydrogens is 478 g/mol. The standard InChI is InChI=1S/C26H33N5O6/c1-16(2)37-23-21-24(27-17(3)31(26(21)35)15-36-14-18-7-5-4-6-8-18)29-22(23)25(34)28-19-9-11-30(12-10-19)20(33)13-32/h4-8,16,19,29,32H,9-15H2,1-3H3,(H,28,34). The van der Waals surface area contributed by atoms with E-state index in [4.69, 9.17) is 14.6 Å². The number of piperidine rings is 1. The Kier molecular flexibility index (Phi) is 8.24. The highest BCUT2D eigenvalue weighted by Crippen LogP contribution is 2.28. The third-order valence-electron chi connectivity index (χ3n) is 6.29. The van der Waals surface area contributed by atoms with Crippen molar-refractivity contribution in [3.05, 3.63) is 57.8 Å². The molecule has 11 nitrogen and oxygen atoms in total. The van der Waals surface area contributed by atoms with Crippen molar-refractivity contribution in [1.82, 2.24) is 24.8 Å². The summed E-state index contributed by atoms with van der Waals surface area (Å²) >= 11 is 0. The fourth-order valence-electron chi connectivity index (χ4n) is 4.38. The number of H-pyrrole nitrogens is 1. The van der Waals surface area contributed by atoms with E-state index in [1.807, 2.05) is 44.2 Å². The van der Waals surface area contributed by atoms with Crippen LogP contribution in [0.2, 0.25) is 0 Å². The van der Waals surface area contributed by atoms with Crippen molar-refractivity contribution in [2.75, 3.05) is 19.7 Å². The lowest BCUT2D eigenvalue weighted by Crippen LogP contribution is -2.47. The van der Waals surface area contributed by atoms with Crippen molar-refractivity contribution in [2.45, 2.75) is 59.1 Å². The number of aliphatic hydroxyl groups excluding tert-OH is 1. The van der Waals surface area contributed by atoms with Crippen LogP contribution in [-0.4, -0.2) is 68.2 Å². The van der Waals surface area contributed by atoms with Crippen LogP contribution in [0, 0.1) is 6.92 Å². The number of rotatable bonds is 9. The summed E-state index contributed by atoms with van der Waals surface area (Å²) in [7, 11) is 0. The van der Waals surface area contributed by atoms with Crippen molar-refractivity contribution < 1.29 is 24.2 Å². The summed E-state index contributed by atoms with van der Waals surface area (Å²) in [5.41, 5.74) is 1.02. The molecule has 1 fully saturated rings. The SMILES string of the molecule is Cc1nc2[nH]c(C(=O)NC3CCN(C(=O)CO)CC3)c(OC(C)C)c2c(=O)n1COCc1ccccc1. The van der Waals surface area contributed by atoms with Gasteiger partial charge in [-0.2, -0.15) is 0 Å². The molecule has 3 aromatic rings. The topological polar surface area (TPSA) is 139 Å². The monoisotopic (exact) mass is 511 g/mol. The highest BCUT2D eigenvalue weighted by atomic mass is 16.5. The molecule has 1 aromatic carbocycles. The number of carbonyl (C=O) groups is 2. The minimum absolute atomic E-state index is 0.00145. The summed E-state index contributed by atoms with van der Waals surface area (Å²) in [6, 6.07) is 9.49. The summed E-state index contributed by atoms with van der Waals surface area (Å²) in [5, 5.41) is 12.2. The minimum Gasteiger partial charge on any atom is -0.488 e. The molecule has 2 aromatic heterocycles. The molecule has 3 heterocycles. The lowest BCUT2D eigenvalue weighted by molar-refractivity contribution is -0.135. The molecule has 3 N–H and O–H groups in total. The van der Waals surface area contributed by atoms with Gasteiger partial charge in [0.2, 0.25) is 5.91 Å². The molecule has 0 atom stereocenters. The second-order valence-corrected chi connectivity index (χ2v) is 9.36. The van der Waals surface area contributed by atoms with E-state index in [1.54, 1.807) is 11.8 Å². The van der Waals surface area contributed by atoms with Crippen LogP contribution >= 0.6 is 0 Å². The summed E-state index contributed by atoms with van der Waals surface area (Å²) in [6.45, 7) is 6.04. The van der Waals surface area contributed by atoms with Gasteiger partial charge in [-0.15, -0.1) is 0 Å². The van der Waals surface area contributed by atoms with E-state index in [-0.39, 0.29) is 52.8 Å². The number of carbonyl (C=O) groups excluding carboxylic acids is 2. The molecule has 1 aliphatic rings. The molecule has 1 saturated heterocycles. The number of hydrogen-bond acceptors (Lipinski definition) is 7. The molecule has 0 spiro atoms. The summed E-state index contributed by atoms with van der Waals surface area (Å²) in [6.07, 6.45) is 0.823. The van der Waals surface area contributed by atoms with Crippen LogP contribution < -0.4 is 15.6 Å². The molecule has 37 heavy (non-hydrogen) atoms. The zero-order valence-electron chi connectivity index (χ0n) is 21.3. The van der Waals surface area contributed by atoms with Gasteiger partial charge < -0.3 is 29.8 Å². The van der Waals surface area contributed by atoms with Gasteiger partial charge in [0.25, 0.3) is 11.5 Å². The van der Waals surface area contributed by atoms with Crippen molar-refractivity contribution >= 4 is 22.8 Å². The molecule has 0 bridgehead atoms. The average Bonchev–Trinajstić information content (AvgIpc) is 3.24. The second-order valence-electron chi connectivity index (χ2n) is 9.36. The number of nitrogens with one attached hydrogen (secondary N) is 2. The fraction of sp³-hybridized carbons (Fsp3) is 0.462. The van der Waals surface area contributed by atoms with Crippen LogP contribution in [0.3, 0.4) is 0 Å². The lowest BCUT2D eigenvalue weighted by atomic mass is 10.0. The van der Waals surface area contributed by atoms with Gasteiger partial charge in [0.15, 0.2) is 5.75 Å². The van der Waals surface area contributed by atoms with Gasteiger partial charge in [-0.25, -0.2) is 4.98 Å². The van der Waals surface area contributed by atoms with E-state index < -0.39 is 12.5 Å². The predicted molar refractivity (Wildman–Crippen MR) is 136 cm³/mol. The molecular formula is C26H33N5O6. The van der Waals surface area contributed by atoms with Crippen molar-refractivity contribution in [3.63, 3.8) is 0 Å². The van der Waals surface area contributed by atoms with Crippen LogP contribution in [-0.2, 0) is 22.9 Å². The van der Waals surface area contributed by atoms with Gasteiger partial charge in [0.1, 0.15) is 35.9 Å². The summed E-state index contributed by atoms with van der Waals surface area (Å²) in [5.74, 6) is -0.136. The maximum absolute atomic E-state index is 13.5. The first-order valence-electron chi connectivity index (χ1n) is 12.4. The highest BCUT2D eigenvalue weighted by Gasteiger charge is 2.28. The largest absolute Gasteiger partial charge is 0.488 e. The zero-order valence-corrected chi connectivity index (χ0v) is 21.3. The summed E-state index contributed by atoms with van der Waals surface area (Å²) in [4.78, 5) is 47.6. The molecule has 1 aliphatic heterocycles. The zero-order chi connectivity index (χ0) is 26.5. The average molecular weight is 512 g/mol. The van der Waals surface area contributed by atoms with Gasteiger partial charge in [0.05, 0.1) is 12.7 Å². The lowest BCUT2D eigenvalue weighted by Gasteiger charge is -2.32. The number of nitrogens with zero attached hydrogens (tertiary/aromatic N) is 3. The number of ether oxygens (including phenoxy) is 2. The van der Waals surface area contributed by atoms with Crippen LogP contribution in [0.15, 0.2) is 35.1 Å². The van der Waals surface area contributed by atoms with E-state index >= 15 is 0 Å². The first-order chi connectivity index (χ1) is 17.8. The summed E-state index contributed by atoms with van der Waals surface area (Å²) < 4.78 is 13.1. The van der Waals surface area contributed by atoms with Gasteiger partial charge in [-0.05, 0) is 39.2 Å². The maximum atomic E-state index is 13.5. The van der Waals surface area contributed by atoms with E-state index in [0.717, 1.165) is 5.56 Å². The Bertz CT molecular complexity index is 1310. The number of benzene rings is 1. The third kappa shape index (κ3) is 6.00. The van der Waals surface area contributed by atoms with Crippen LogP contribution in [0.1, 0.15) is 48.6 Å². The Morgan fingerprint density at radius 2 is 1.92 bits per heavy atom. The Morgan fingerprint density at radius 1 is 1.22 bits per heavy atom. The minimum atomic E-state index is -0.525. The number of aliphatic hydroxyl groups is 1. The number of fused-ring (bicyclic) bond motifs is 1. The molecule has 0 saturated carbocycles. The Morgan fingerprint density at radius 3 is 2.57 bits per heavy atom. The number of amides is 2. The Hall–Kier alpha value is -3.70. The number of aromatic amines is 1. The Labute approximate surface area is 214 Å². The number of hydrogen-bond donors (Lipinski definition) is 3. The van der Waals surface area contributed by atoms with Crippen molar-refractivity contribution in [1.29, 1.82) is 0 Å². The molecule has 0 aliphatic carbocycles. The normalized spacial score (nSPS) is 14.4. The molecule has 0 radical (unpaired) electrons. The fourth-order valence-corrected chi connectivity index (χ4v) is 4.38. The second kappa shape index (κ2) is 11.6. The maximum Gasteiger partial charge on any atom is 0.271 e. The number of aryl methyl sites for hydroxylation is 1. The smallest absolute Gasteiger partial charge is 0.271 e.